The number of primary amides is 1. The van der Waals surface area contributed by atoms with Crippen molar-refractivity contribution in [1.82, 2.24) is 5.32 Å². The number of carbonyl (C=O) groups excluding carboxylic acids is 2. The molecule has 138 valence electrons. The fourth-order valence-electron chi connectivity index (χ4n) is 3.02. The monoisotopic (exact) mass is 368 g/mol. The Morgan fingerprint density at radius 1 is 0.926 bits per heavy atom. The van der Waals surface area contributed by atoms with Gasteiger partial charge in [0.15, 0.2) is 0 Å². The molecule has 0 radical (unpaired) electrons. The second kappa shape index (κ2) is 7.95. The zero-order valence-electron chi connectivity index (χ0n) is 14.4. The number of nitrogens with one attached hydrogen (secondary N) is 1. The molecule has 3 N–H and O–H groups in total. The summed E-state index contributed by atoms with van der Waals surface area (Å²) in [5.74, 6) is -3.02. The molecule has 3 aromatic carbocycles. The van der Waals surface area contributed by atoms with Gasteiger partial charge in [0.05, 0.1) is 6.42 Å². The van der Waals surface area contributed by atoms with Gasteiger partial charge < -0.3 is 11.1 Å². The molecule has 0 aliphatic carbocycles. The van der Waals surface area contributed by atoms with Crippen molar-refractivity contribution in [3.63, 3.8) is 0 Å². The highest BCUT2D eigenvalue weighted by Crippen LogP contribution is 2.20. The molecular weight excluding hydrogens is 350 g/mol. The Kier molecular flexibility index (Phi) is 5.45. The number of benzene rings is 3. The van der Waals surface area contributed by atoms with Crippen LogP contribution in [0.2, 0.25) is 0 Å². The molecule has 0 unspecified atom stereocenters. The lowest BCUT2D eigenvalue weighted by molar-refractivity contribution is -0.127. The minimum atomic E-state index is -0.988. The number of carbonyl (C=O) groups is 2. The number of hydrogen-bond donors (Lipinski definition) is 2. The van der Waals surface area contributed by atoms with Crippen molar-refractivity contribution >= 4 is 22.6 Å². The molecule has 6 heteroatoms. The van der Waals surface area contributed by atoms with E-state index in [0.717, 1.165) is 28.5 Å². The van der Waals surface area contributed by atoms with Gasteiger partial charge in [0, 0.05) is 12.0 Å². The number of halogens is 2. The largest absolute Gasteiger partial charge is 0.368 e. The molecule has 2 amide bonds. The highest BCUT2D eigenvalue weighted by Gasteiger charge is 2.21. The van der Waals surface area contributed by atoms with Gasteiger partial charge in [-0.3, -0.25) is 9.59 Å². The summed E-state index contributed by atoms with van der Waals surface area (Å²) in [6, 6.07) is 15.7. The maximum absolute atomic E-state index is 13.7. The Balaban J connectivity index is 1.78. The summed E-state index contributed by atoms with van der Waals surface area (Å²) in [6.45, 7) is 0. The van der Waals surface area contributed by atoms with Crippen LogP contribution in [0.4, 0.5) is 8.78 Å². The van der Waals surface area contributed by atoms with Gasteiger partial charge in [-0.25, -0.2) is 8.78 Å². The van der Waals surface area contributed by atoms with Gasteiger partial charge in [0.1, 0.15) is 17.7 Å². The van der Waals surface area contributed by atoms with Crippen molar-refractivity contribution < 1.29 is 18.4 Å². The van der Waals surface area contributed by atoms with Gasteiger partial charge in [0.2, 0.25) is 11.8 Å². The molecule has 0 saturated carbocycles. The third-order valence-corrected chi connectivity index (χ3v) is 4.38. The molecule has 4 nitrogen and oxygen atoms in total. The summed E-state index contributed by atoms with van der Waals surface area (Å²) in [7, 11) is 0. The summed E-state index contributed by atoms with van der Waals surface area (Å²) < 4.78 is 27.4. The highest BCUT2D eigenvalue weighted by molar-refractivity contribution is 5.90. The first-order valence-corrected chi connectivity index (χ1v) is 8.44. The lowest BCUT2D eigenvalue weighted by atomic mass is 9.98. The normalized spacial score (nSPS) is 11.9. The summed E-state index contributed by atoms with van der Waals surface area (Å²) >= 11 is 0. The first kappa shape index (κ1) is 18.5. The second-order valence-electron chi connectivity index (χ2n) is 6.24. The quantitative estimate of drug-likeness (QED) is 0.702. The zero-order chi connectivity index (χ0) is 19.4. The highest BCUT2D eigenvalue weighted by atomic mass is 19.1. The van der Waals surface area contributed by atoms with Gasteiger partial charge in [0.25, 0.3) is 0 Å². The lowest BCUT2D eigenvalue weighted by Crippen LogP contribution is -2.46. The fourth-order valence-corrected chi connectivity index (χ4v) is 3.02. The van der Waals surface area contributed by atoms with Crippen molar-refractivity contribution in [3.05, 3.63) is 83.4 Å². The fraction of sp³-hybridized carbons (Fsp3) is 0.143. The number of hydrogen-bond acceptors (Lipinski definition) is 2. The molecule has 0 aliphatic heterocycles. The molecule has 0 aromatic heterocycles. The standard InChI is InChI=1S/C21H18F2N2O2/c22-17-9-4-10-18(23)16(17)12-20(26)25-19(21(24)27)11-14-7-3-6-13-5-1-2-8-15(13)14/h1-10,19H,11-12H2,(H2,24,27)(H,25,26)/t19-/m0/s1. The Morgan fingerprint density at radius 3 is 2.26 bits per heavy atom. The van der Waals surface area contributed by atoms with E-state index < -0.39 is 35.9 Å². The molecule has 3 aromatic rings. The molecule has 1 atom stereocenters. The van der Waals surface area contributed by atoms with Crippen LogP contribution in [0.3, 0.4) is 0 Å². The first-order chi connectivity index (χ1) is 13.0. The van der Waals surface area contributed by atoms with E-state index in [0.29, 0.717) is 0 Å². The van der Waals surface area contributed by atoms with Crippen molar-refractivity contribution in [2.75, 3.05) is 0 Å². The predicted octanol–water partition coefficient (Wildman–Crippen LogP) is 2.87. The number of rotatable bonds is 6. The molecule has 0 bridgehead atoms. The lowest BCUT2D eigenvalue weighted by Gasteiger charge is -2.17. The molecule has 3 rings (SSSR count). The maximum atomic E-state index is 13.7. The molecule has 27 heavy (non-hydrogen) atoms. The zero-order valence-corrected chi connectivity index (χ0v) is 14.4. The van der Waals surface area contributed by atoms with Gasteiger partial charge in [-0.15, -0.1) is 0 Å². The summed E-state index contributed by atoms with van der Waals surface area (Å²) in [6.07, 6.45) is -0.333. The minimum Gasteiger partial charge on any atom is -0.368 e. The predicted molar refractivity (Wildman–Crippen MR) is 98.8 cm³/mol. The number of amides is 2. The first-order valence-electron chi connectivity index (χ1n) is 8.44. The molecule has 0 aliphatic rings. The van der Waals surface area contributed by atoms with Gasteiger partial charge >= 0.3 is 0 Å². The molecule has 0 heterocycles. The van der Waals surface area contributed by atoms with E-state index in [1.165, 1.54) is 6.07 Å². The van der Waals surface area contributed by atoms with Crippen LogP contribution in [0.5, 0.6) is 0 Å². The molecule has 0 saturated heterocycles. The summed E-state index contributed by atoms with van der Waals surface area (Å²) in [4.78, 5) is 24.1. The van der Waals surface area contributed by atoms with Crippen LogP contribution in [0.1, 0.15) is 11.1 Å². The number of fused-ring (bicyclic) bond motifs is 1. The van der Waals surface area contributed by atoms with Crippen LogP contribution >= 0.6 is 0 Å². The maximum Gasteiger partial charge on any atom is 0.240 e. The molecular formula is C21H18F2N2O2. The van der Waals surface area contributed by atoms with Crippen molar-refractivity contribution in [1.29, 1.82) is 0 Å². The number of nitrogens with two attached hydrogens (primary N) is 1. The van der Waals surface area contributed by atoms with Gasteiger partial charge in [-0.1, -0.05) is 48.5 Å². The van der Waals surface area contributed by atoms with E-state index >= 15 is 0 Å². The SMILES string of the molecule is NC(=O)[C@H](Cc1cccc2ccccc12)NC(=O)Cc1c(F)cccc1F. The topological polar surface area (TPSA) is 72.2 Å². The molecule has 0 spiro atoms. The minimum absolute atomic E-state index is 0.183. The van der Waals surface area contributed by atoms with Crippen molar-refractivity contribution in [3.8, 4) is 0 Å². The van der Waals surface area contributed by atoms with Crippen LogP contribution in [-0.2, 0) is 22.4 Å². The second-order valence-corrected chi connectivity index (χ2v) is 6.24. The van der Waals surface area contributed by atoms with E-state index in [4.69, 9.17) is 5.73 Å². The third-order valence-electron chi connectivity index (χ3n) is 4.38. The average molecular weight is 368 g/mol. The van der Waals surface area contributed by atoms with E-state index in [2.05, 4.69) is 5.32 Å². The Labute approximate surface area is 155 Å². The van der Waals surface area contributed by atoms with Gasteiger partial charge in [-0.2, -0.15) is 0 Å². The van der Waals surface area contributed by atoms with E-state index in [9.17, 15) is 18.4 Å². The third kappa shape index (κ3) is 4.28. The van der Waals surface area contributed by atoms with E-state index in [1.54, 1.807) is 0 Å². The van der Waals surface area contributed by atoms with Crippen molar-refractivity contribution in [2.24, 2.45) is 5.73 Å². The Morgan fingerprint density at radius 2 is 1.56 bits per heavy atom. The summed E-state index contributed by atoms with van der Waals surface area (Å²) in [5, 5.41) is 4.43. The van der Waals surface area contributed by atoms with Crippen LogP contribution in [0.25, 0.3) is 10.8 Å². The summed E-state index contributed by atoms with van der Waals surface area (Å²) in [5.41, 5.74) is 5.93. The van der Waals surface area contributed by atoms with E-state index in [1.807, 2.05) is 42.5 Å². The molecule has 0 fully saturated rings. The smallest absolute Gasteiger partial charge is 0.240 e. The van der Waals surface area contributed by atoms with Gasteiger partial charge in [-0.05, 0) is 28.5 Å². The Bertz CT molecular complexity index is 979. The van der Waals surface area contributed by atoms with Crippen LogP contribution < -0.4 is 11.1 Å². The van der Waals surface area contributed by atoms with Crippen LogP contribution in [0, 0.1) is 11.6 Å². The van der Waals surface area contributed by atoms with Crippen molar-refractivity contribution in [2.45, 2.75) is 18.9 Å². The van der Waals surface area contributed by atoms with E-state index in [-0.39, 0.29) is 12.0 Å². The Hall–Kier alpha value is -3.28. The average Bonchev–Trinajstić information content (AvgIpc) is 2.64. The van der Waals surface area contributed by atoms with Crippen LogP contribution in [0.15, 0.2) is 60.7 Å². The van der Waals surface area contributed by atoms with Crippen LogP contribution in [-0.4, -0.2) is 17.9 Å².